The number of aliphatic hydroxyl groups is 1. The predicted molar refractivity (Wildman–Crippen MR) is 236 cm³/mol. The van der Waals surface area contributed by atoms with Crippen molar-refractivity contribution in [3.05, 3.63) is 142 Å². The molecule has 20 heteroatoms. The molecule has 1 amide bonds. The summed E-state index contributed by atoms with van der Waals surface area (Å²) in [5.41, 5.74) is -0.550. The molecule has 2 aromatic heterocycles. The molecule has 2 aliphatic rings. The number of hydrogen-bond acceptors (Lipinski definition) is 14. The number of imidazole rings is 1. The van der Waals surface area contributed by atoms with E-state index in [-0.39, 0.29) is 27.9 Å². The van der Waals surface area contributed by atoms with Gasteiger partial charge in [0.05, 0.1) is 32.2 Å². The van der Waals surface area contributed by atoms with Gasteiger partial charge in [-0.05, 0) is 59.5 Å². The second kappa shape index (κ2) is 19.1. The molecule has 0 bridgehead atoms. The van der Waals surface area contributed by atoms with Crippen LogP contribution in [0.1, 0.15) is 49.6 Å². The van der Waals surface area contributed by atoms with Crippen molar-refractivity contribution in [2.45, 2.75) is 62.8 Å². The zero-order valence-corrected chi connectivity index (χ0v) is 37.3. The van der Waals surface area contributed by atoms with Gasteiger partial charge in [0.25, 0.3) is 5.56 Å². The number of H-pyrrole nitrogens is 1. The summed E-state index contributed by atoms with van der Waals surface area (Å²) in [4.78, 5) is 49.0. The standard InChI is InChI=1S/C45H47ClN5O13P/c1-27(2)40(52)49-43-48-39-37(41(53)50-43)47-26-51(39)42-38(62-36-15-10-24-59-36)45(54,64-65(55,56)63-34-14-9-8-13-33(34)46)35(61-42)25-60-44(28-11-6-5-7-12-28,29-16-20-31(57-3)21-17-29)30-18-22-32(58-4)23-19-30/h5-9,11-14,16-23,26-27,35-36,38,42,54H,10,15,24-25H2,1-4H3,(H,55,56)(H2,48,49,50,52,53)/t35-,36?,38+,42-,45-/m1/s1. The molecule has 65 heavy (non-hydrogen) atoms. The summed E-state index contributed by atoms with van der Waals surface area (Å²) in [6.07, 6.45) is -3.77. The number of phosphoric ester groups is 1. The number of benzene rings is 4. The second-order valence-corrected chi connectivity index (χ2v) is 17.3. The lowest BCUT2D eigenvalue weighted by Gasteiger charge is -2.39. The van der Waals surface area contributed by atoms with Crippen LogP contribution in [-0.2, 0) is 38.4 Å². The van der Waals surface area contributed by atoms with E-state index in [2.05, 4.69) is 20.3 Å². The number of anilines is 1. The molecule has 6 atom stereocenters. The van der Waals surface area contributed by atoms with Crippen molar-refractivity contribution in [3.63, 3.8) is 0 Å². The third kappa shape index (κ3) is 9.40. The van der Waals surface area contributed by atoms with E-state index in [4.69, 9.17) is 49.1 Å². The number of phosphoric acid groups is 1. The number of aromatic amines is 1. The Morgan fingerprint density at radius 1 is 0.985 bits per heavy atom. The first kappa shape index (κ1) is 45.9. The third-order valence-corrected chi connectivity index (χ3v) is 12.3. The maximum absolute atomic E-state index is 14.2. The van der Waals surface area contributed by atoms with Gasteiger partial charge in [-0.25, -0.2) is 14.1 Å². The van der Waals surface area contributed by atoms with Crippen LogP contribution in [0.2, 0.25) is 5.02 Å². The highest BCUT2D eigenvalue weighted by atomic mass is 35.5. The minimum atomic E-state index is -5.39. The molecule has 0 saturated carbocycles. The van der Waals surface area contributed by atoms with E-state index in [1.165, 1.54) is 29.1 Å². The van der Waals surface area contributed by atoms with Crippen LogP contribution >= 0.6 is 19.4 Å². The monoisotopic (exact) mass is 931 g/mol. The van der Waals surface area contributed by atoms with Gasteiger partial charge in [0.2, 0.25) is 17.6 Å². The fraction of sp³-hybridized carbons (Fsp3) is 0.333. The van der Waals surface area contributed by atoms with E-state index in [1.807, 2.05) is 54.6 Å². The van der Waals surface area contributed by atoms with E-state index in [9.17, 15) is 24.2 Å². The number of halogens is 1. The molecule has 342 valence electrons. The molecule has 2 aliphatic heterocycles. The fourth-order valence-electron chi connectivity index (χ4n) is 7.74. The van der Waals surface area contributed by atoms with Crippen LogP contribution in [-0.4, -0.2) is 87.1 Å². The topological polar surface area (TPSA) is 224 Å². The smallest absolute Gasteiger partial charge is 0.497 e. The number of para-hydroxylation sites is 1. The van der Waals surface area contributed by atoms with Crippen LogP contribution in [0, 0.1) is 5.92 Å². The average Bonchev–Trinajstić information content (AvgIpc) is 4.04. The van der Waals surface area contributed by atoms with E-state index >= 15 is 0 Å². The molecule has 4 aromatic carbocycles. The first-order valence-corrected chi connectivity index (χ1v) is 22.5. The highest BCUT2D eigenvalue weighted by Gasteiger charge is 2.64. The van der Waals surface area contributed by atoms with Gasteiger partial charge < -0.3 is 38.1 Å². The van der Waals surface area contributed by atoms with Gasteiger partial charge in [0.1, 0.15) is 29.0 Å². The minimum absolute atomic E-state index is 0.0156. The molecule has 8 rings (SSSR count). The maximum atomic E-state index is 14.2. The molecule has 4 heterocycles. The number of methoxy groups -OCH3 is 2. The Morgan fingerprint density at radius 3 is 2.22 bits per heavy atom. The molecule has 0 spiro atoms. The van der Waals surface area contributed by atoms with Crippen molar-refractivity contribution in [3.8, 4) is 17.2 Å². The van der Waals surface area contributed by atoms with Crippen LogP contribution in [0.25, 0.3) is 11.2 Å². The normalized spacial score (nSPS) is 21.9. The Balaban J connectivity index is 1.29. The molecule has 0 radical (unpaired) electrons. The van der Waals surface area contributed by atoms with E-state index < -0.39 is 67.9 Å². The first-order valence-electron chi connectivity index (χ1n) is 20.6. The highest BCUT2D eigenvalue weighted by Crippen LogP contribution is 2.55. The van der Waals surface area contributed by atoms with Gasteiger partial charge in [0.15, 0.2) is 29.8 Å². The van der Waals surface area contributed by atoms with Gasteiger partial charge >= 0.3 is 7.82 Å². The maximum Gasteiger partial charge on any atom is 0.530 e. The zero-order valence-electron chi connectivity index (χ0n) is 35.7. The summed E-state index contributed by atoms with van der Waals surface area (Å²) in [5.74, 6) is -3.08. The van der Waals surface area contributed by atoms with E-state index in [1.54, 1.807) is 58.4 Å². The Labute approximate surface area is 377 Å². The van der Waals surface area contributed by atoms with Crippen LogP contribution in [0.15, 0.2) is 114 Å². The number of amides is 1. The molecule has 18 nitrogen and oxygen atoms in total. The average molecular weight is 932 g/mol. The Hall–Kier alpha value is -5.66. The van der Waals surface area contributed by atoms with Crippen LogP contribution in [0.5, 0.6) is 17.2 Å². The van der Waals surface area contributed by atoms with Crippen molar-refractivity contribution < 1.29 is 56.8 Å². The number of aromatic nitrogens is 4. The molecule has 6 aromatic rings. The minimum Gasteiger partial charge on any atom is -0.497 e. The SMILES string of the molecule is COc1ccc(C(OC[C@H]2O[C@@H](n3cnc4c(=O)[nH]c(NC(=O)C(C)C)nc43)[C@H](OC3CCCO3)[C@]2(O)OP(=O)(O)Oc2ccccc2Cl)(c2ccccc2)c2ccc(OC)cc2)cc1. The number of fused-ring (bicyclic) bond motifs is 1. The highest BCUT2D eigenvalue weighted by molar-refractivity contribution is 7.47. The van der Waals surface area contributed by atoms with Crippen molar-refractivity contribution in [2.75, 3.05) is 32.8 Å². The number of nitrogens with one attached hydrogen (secondary N) is 2. The Kier molecular flexibility index (Phi) is 13.5. The quantitative estimate of drug-likeness (QED) is 0.0425. The number of carbonyl (C=O) groups is 1. The third-order valence-electron chi connectivity index (χ3n) is 11.0. The van der Waals surface area contributed by atoms with Crippen LogP contribution < -0.4 is 24.9 Å². The van der Waals surface area contributed by atoms with Crippen LogP contribution in [0.3, 0.4) is 0 Å². The summed E-state index contributed by atoms with van der Waals surface area (Å²) in [6, 6.07) is 29.6. The first-order chi connectivity index (χ1) is 31.2. The molecule has 2 unspecified atom stereocenters. The predicted octanol–water partition coefficient (Wildman–Crippen LogP) is 6.70. The van der Waals surface area contributed by atoms with E-state index in [0.29, 0.717) is 47.6 Å². The largest absolute Gasteiger partial charge is 0.530 e. The van der Waals surface area contributed by atoms with Gasteiger partial charge in [-0.1, -0.05) is 92.2 Å². The van der Waals surface area contributed by atoms with Gasteiger partial charge in [-0.2, -0.15) is 4.98 Å². The van der Waals surface area contributed by atoms with Crippen molar-refractivity contribution >= 4 is 42.4 Å². The summed E-state index contributed by atoms with van der Waals surface area (Å²) >= 11 is 6.34. The Bertz CT molecular complexity index is 2670. The van der Waals surface area contributed by atoms with Gasteiger partial charge in [0, 0.05) is 18.9 Å². The molecule has 4 N–H and O–H groups in total. The molecule has 0 aliphatic carbocycles. The van der Waals surface area contributed by atoms with Crippen molar-refractivity contribution in [2.24, 2.45) is 5.92 Å². The van der Waals surface area contributed by atoms with Gasteiger partial charge in [-0.3, -0.25) is 29.4 Å². The summed E-state index contributed by atoms with van der Waals surface area (Å²) in [6.45, 7) is 3.08. The fourth-order valence-corrected chi connectivity index (χ4v) is 9.01. The molecule has 2 saturated heterocycles. The molecular formula is C45H47ClN5O13P. The summed E-state index contributed by atoms with van der Waals surface area (Å²) in [7, 11) is -2.28. The summed E-state index contributed by atoms with van der Waals surface area (Å²) < 4.78 is 64.0. The molecule has 2 fully saturated rings. The number of ether oxygens (including phenoxy) is 6. The number of hydrogen-bond donors (Lipinski definition) is 4. The lowest BCUT2D eigenvalue weighted by Crippen LogP contribution is -2.54. The van der Waals surface area contributed by atoms with Gasteiger partial charge in [-0.15, -0.1) is 0 Å². The van der Waals surface area contributed by atoms with Crippen molar-refractivity contribution in [1.29, 1.82) is 0 Å². The van der Waals surface area contributed by atoms with E-state index in [0.717, 1.165) is 0 Å². The Morgan fingerprint density at radius 2 is 1.62 bits per heavy atom. The lowest BCUT2D eigenvalue weighted by molar-refractivity contribution is -0.269. The lowest BCUT2D eigenvalue weighted by atomic mass is 9.80. The number of rotatable bonds is 17. The number of carbonyl (C=O) groups excluding carboxylic acids is 1. The van der Waals surface area contributed by atoms with Crippen molar-refractivity contribution in [1.82, 2.24) is 19.5 Å². The number of nitrogens with zero attached hydrogens (tertiary/aromatic N) is 3. The summed E-state index contributed by atoms with van der Waals surface area (Å²) in [5, 5.41) is 15.7. The van der Waals surface area contributed by atoms with Crippen LogP contribution in [0.4, 0.5) is 5.95 Å². The second-order valence-electron chi connectivity index (χ2n) is 15.5. The molecular weight excluding hydrogens is 885 g/mol. The zero-order chi connectivity index (χ0) is 45.9.